The van der Waals surface area contributed by atoms with E-state index < -0.39 is 11.9 Å². The number of benzene rings is 2. The molecule has 5 rings (SSSR count). The third-order valence-electron chi connectivity index (χ3n) is 4.98. The predicted octanol–water partition coefficient (Wildman–Crippen LogP) is 4.32. The number of phenolic OH excluding ortho intramolecular Hbond substituents is 1. The monoisotopic (exact) mass is 439 g/mol. The van der Waals surface area contributed by atoms with Crippen molar-refractivity contribution < 1.29 is 14.3 Å². The van der Waals surface area contributed by atoms with Gasteiger partial charge in [0.05, 0.1) is 17.0 Å². The summed E-state index contributed by atoms with van der Waals surface area (Å²) in [6.45, 7) is 1.94. The lowest BCUT2D eigenvalue weighted by atomic mass is 9.98. The van der Waals surface area contributed by atoms with Gasteiger partial charge in [0.25, 0.3) is 5.91 Å². The zero-order valence-electron chi connectivity index (χ0n) is 15.6. The summed E-state index contributed by atoms with van der Waals surface area (Å²) in [5, 5.41) is 20.1. The van der Waals surface area contributed by atoms with Crippen molar-refractivity contribution in [2.75, 3.05) is 4.90 Å². The molecule has 9 heteroatoms. The van der Waals surface area contributed by atoms with Gasteiger partial charge >= 0.3 is 0 Å². The van der Waals surface area contributed by atoms with Crippen LogP contribution in [0.1, 0.15) is 39.7 Å². The van der Waals surface area contributed by atoms with Gasteiger partial charge in [-0.1, -0.05) is 42.0 Å². The molecular formula is C21H14ClN3O4S. The Morgan fingerprint density at radius 1 is 1.20 bits per heavy atom. The van der Waals surface area contributed by atoms with E-state index in [-0.39, 0.29) is 33.5 Å². The van der Waals surface area contributed by atoms with E-state index in [1.807, 2.05) is 6.92 Å². The fourth-order valence-electron chi connectivity index (χ4n) is 3.64. The molecule has 1 aliphatic heterocycles. The van der Waals surface area contributed by atoms with Gasteiger partial charge in [-0.25, -0.2) is 0 Å². The topological polar surface area (TPSA) is 96.5 Å². The average molecular weight is 440 g/mol. The van der Waals surface area contributed by atoms with Crippen LogP contribution in [-0.2, 0) is 6.42 Å². The van der Waals surface area contributed by atoms with Gasteiger partial charge in [0.1, 0.15) is 16.3 Å². The van der Waals surface area contributed by atoms with Gasteiger partial charge < -0.3 is 9.52 Å². The Morgan fingerprint density at radius 3 is 2.77 bits per heavy atom. The first-order chi connectivity index (χ1) is 14.5. The molecule has 1 N–H and O–H groups in total. The molecule has 0 fully saturated rings. The number of aromatic nitrogens is 2. The van der Waals surface area contributed by atoms with E-state index in [0.717, 1.165) is 5.01 Å². The predicted molar refractivity (Wildman–Crippen MR) is 114 cm³/mol. The Morgan fingerprint density at radius 2 is 2.03 bits per heavy atom. The molecule has 2 aromatic carbocycles. The van der Waals surface area contributed by atoms with E-state index in [4.69, 9.17) is 16.0 Å². The van der Waals surface area contributed by atoms with E-state index >= 15 is 0 Å². The average Bonchev–Trinajstić information content (AvgIpc) is 3.31. The van der Waals surface area contributed by atoms with Crippen molar-refractivity contribution in [3.8, 4) is 5.75 Å². The van der Waals surface area contributed by atoms with Crippen LogP contribution in [0.3, 0.4) is 0 Å². The third kappa shape index (κ3) is 2.79. The fraction of sp³-hybridized carbons (Fsp3) is 0.143. The van der Waals surface area contributed by atoms with Crippen molar-refractivity contribution in [1.82, 2.24) is 10.2 Å². The number of fused-ring (bicyclic) bond motifs is 2. The fourth-order valence-corrected chi connectivity index (χ4v) is 4.61. The second-order valence-corrected chi connectivity index (χ2v) is 8.30. The van der Waals surface area contributed by atoms with E-state index in [1.165, 1.54) is 34.4 Å². The molecule has 1 unspecified atom stereocenters. The number of aryl methyl sites for hydroxylation is 1. The number of phenols is 1. The van der Waals surface area contributed by atoms with E-state index in [2.05, 4.69) is 10.2 Å². The maximum Gasteiger partial charge on any atom is 0.297 e. The van der Waals surface area contributed by atoms with Gasteiger partial charge in [0.2, 0.25) is 10.9 Å². The number of amides is 1. The molecule has 0 saturated heterocycles. The number of hydrogen-bond donors (Lipinski definition) is 1. The lowest BCUT2D eigenvalue weighted by molar-refractivity contribution is 0.0970. The van der Waals surface area contributed by atoms with E-state index in [9.17, 15) is 14.7 Å². The van der Waals surface area contributed by atoms with Crippen LogP contribution in [0.15, 0.2) is 51.7 Å². The van der Waals surface area contributed by atoms with Crippen molar-refractivity contribution in [2.45, 2.75) is 19.4 Å². The van der Waals surface area contributed by atoms with Crippen LogP contribution in [0.2, 0.25) is 5.02 Å². The molecule has 0 radical (unpaired) electrons. The molecule has 2 aromatic heterocycles. The van der Waals surface area contributed by atoms with Crippen LogP contribution in [0.5, 0.6) is 5.75 Å². The number of rotatable bonds is 3. The molecule has 0 spiro atoms. The number of carbonyl (C=O) groups excluding carboxylic acids is 1. The van der Waals surface area contributed by atoms with Crippen molar-refractivity contribution in [2.24, 2.45) is 0 Å². The summed E-state index contributed by atoms with van der Waals surface area (Å²) in [6.07, 6.45) is 0.670. The summed E-state index contributed by atoms with van der Waals surface area (Å²) >= 11 is 7.36. The van der Waals surface area contributed by atoms with Crippen LogP contribution >= 0.6 is 22.9 Å². The molecule has 30 heavy (non-hydrogen) atoms. The molecule has 0 aliphatic carbocycles. The van der Waals surface area contributed by atoms with Gasteiger partial charge in [0.15, 0.2) is 5.43 Å². The lowest BCUT2D eigenvalue weighted by Crippen LogP contribution is -2.29. The maximum atomic E-state index is 13.4. The molecule has 3 heterocycles. The Kier molecular flexibility index (Phi) is 4.34. The molecule has 1 amide bonds. The highest BCUT2D eigenvalue weighted by Crippen LogP contribution is 2.42. The largest absolute Gasteiger partial charge is 0.508 e. The van der Waals surface area contributed by atoms with Crippen LogP contribution in [-0.4, -0.2) is 21.2 Å². The van der Waals surface area contributed by atoms with E-state index in [0.29, 0.717) is 22.1 Å². The van der Waals surface area contributed by atoms with Crippen LogP contribution in [0.25, 0.3) is 11.0 Å². The molecule has 0 saturated carbocycles. The zero-order valence-corrected chi connectivity index (χ0v) is 17.2. The van der Waals surface area contributed by atoms with Crippen LogP contribution in [0.4, 0.5) is 5.13 Å². The number of nitrogens with zero attached hydrogens (tertiary/aromatic N) is 3. The number of anilines is 1. The number of carbonyl (C=O) groups is 1. The number of halogens is 1. The lowest BCUT2D eigenvalue weighted by Gasteiger charge is -2.22. The first-order valence-electron chi connectivity index (χ1n) is 9.19. The van der Waals surface area contributed by atoms with Crippen molar-refractivity contribution in [3.63, 3.8) is 0 Å². The number of hydrogen-bond acceptors (Lipinski definition) is 7. The minimum atomic E-state index is -0.808. The van der Waals surface area contributed by atoms with Gasteiger partial charge in [-0.05, 0) is 42.3 Å². The molecule has 7 nitrogen and oxygen atoms in total. The minimum Gasteiger partial charge on any atom is -0.508 e. The van der Waals surface area contributed by atoms with Gasteiger partial charge in [-0.3, -0.25) is 14.5 Å². The Balaban J connectivity index is 1.82. The highest BCUT2D eigenvalue weighted by atomic mass is 35.5. The second-order valence-electron chi connectivity index (χ2n) is 6.82. The molecule has 0 bridgehead atoms. The summed E-state index contributed by atoms with van der Waals surface area (Å²) in [5.41, 5.74) is 0.676. The SMILES string of the molecule is CCc1nnc(N2C(=O)c3oc4ccc(Cl)cc4c(=O)c3C2c2cccc(O)c2)s1. The van der Waals surface area contributed by atoms with E-state index in [1.54, 1.807) is 24.3 Å². The molecular weight excluding hydrogens is 426 g/mol. The molecule has 1 atom stereocenters. The smallest absolute Gasteiger partial charge is 0.297 e. The first-order valence-corrected chi connectivity index (χ1v) is 10.4. The third-order valence-corrected chi connectivity index (χ3v) is 6.28. The maximum absolute atomic E-state index is 13.4. The second kappa shape index (κ2) is 6.93. The van der Waals surface area contributed by atoms with Crippen molar-refractivity contribution in [3.05, 3.63) is 79.6 Å². The first kappa shape index (κ1) is 18.8. The number of aromatic hydroxyl groups is 1. The van der Waals surface area contributed by atoms with Gasteiger partial charge in [0, 0.05) is 5.02 Å². The van der Waals surface area contributed by atoms with Crippen LogP contribution < -0.4 is 10.3 Å². The zero-order chi connectivity index (χ0) is 21.0. The Labute approximate surface area is 179 Å². The van der Waals surface area contributed by atoms with Crippen molar-refractivity contribution >= 4 is 44.9 Å². The highest BCUT2D eigenvalue weighted by molar-refractivity contribution is 7.15. The Hall–Kier alpha value is -3.23. The quantitative estimate of drug-likeness (QED) is 0.510. The van der Waals surface area contributed by atoms with Gasteiger partial charge in [-0.15, -0.1) is 10.2 Å². The van der Waals surface area contributed by atoms with Gasteiger partial charge in [-0.2, -0.15) is 0 Å². The highest BCUT2D eigenvalue weighted by Gasteiger charge is 2.45. The van der Waals surface area contributed by atoms with Crippen molar-refractivity contribution in [1.29, 1.82) is 0 Å². The summed E-state index contributed by atoms with van der Waals surface area (Å²) in [7, 11) is 0. The minimum absolute atomic E-state index is 0.0214. The molecule has 4 aromatic rings. The Bertz CT molecular complexity index is 1380. The molecule has 1 aliphatic rings. The summed E-state index contributed by atoms with van der Waals surface area (Å²) in [5.74, 6) is -0.504. The summed E-state index contributed by atoms with van der Waals surface area (Å²) < 4.78 is 5.86. The normalized spacial score (nSPS) is 15.7. The standard InChI is InChI=1S/C21H14ClN3O4S/c1-2-15-23-24-21(30-15)25-17(10-4-3-5-12(26)8-10)16-18(27)13-9-11(22)6-7-14(13)29-19(16)20(25)28/h3-9,17,26H,2H2,1H3. The summed E-state index contributed by atoms with van der Waals surface area (Å²) in [6, 6.07) is 10.3. The summed E-state index contributed by atoms with van der Waals surface area (Å²) in [4.78, 5) is 28.2. The molecule has 150 valence electrons. The van der Waals surface area contributed by atoms with Crippen LogP contribution in [0, 0.1) is 0 Å².